The molecule has 2 aromatic carbocycles. The second-order valence-electron chi connectivity index (χ2n) is 9.22. The van der Waals surface area contributed by atoms with Gasteiger partial charge >= 0.3 is 6.03 Å². The zero-order valence-corrected chi connectivity index (χ0v) is 20.5. The first-order chi connectivity index (χ1) is 17.0. The minimum atomic E-state index is -0.191. The van der Waals surface area contributed by atoms with Crippen LogP contribution in [0.5, 0.6) is 0 Å². The number of piperidine rings is 1. The van der Waals surface area contributed by atoms with Crippen molar-refractivity contribution in [3.8, 4) is 11.4 Å². The number of amides is 2. The number of hydrogen-bond acceptors (Lipinski definition) is 5. The smallest absolute Gasteiger partial charge is 0.319 e. The number of rotatable bonds is 9. The molecule has 35 heavy (non-hydrogen) atoms. The van der Waals surface area contributed by atoms with Gasteiger partial charge < -0.3 is 15.5 Å². The molecule has 1 saturated heterocycles. The monoisotopic (exact) mass is 479 g/mol. The number of tetrazole rings is 1. The molecular formula is C26H34FN7O. The third kappa shape index (κ3) is 7.08. The fraction of sp³-hybridized carbons (Fsp3) is 0.462. The quantitative estimate of drug-likeness (QED) is 0.450. The molecule has 1 aliphatic heterocycles. The molecule has 186 valence electrons. The number of benzene rings is 2. The molecule has 0 unspecified atom stereocenters. The molecule has 4 rings (SSSR count). The van der Waals surface area contributed by atoms with Gasteiger partial charge in [0, 0.05) is 30.9 Å². The molecule has 1 fully saturated rings. The van der Waals surface area contributed by atoms with Crippen LogP contribution in [-0.2, 0) is 19.9 Å². The predicted molar refractivity (Wildman–Crippen MR) is 135 cm³/mol. The van der Waals surface area contributed by atoms with Crippen molar-refractivity contribution in [2.24, 2.45) is 7.05 Å². The third-order valence-corrected chi connectivity index (χ3v) is 6.48. The largest absolute Gasteiger partial charge is 0.334 e. The van der Waals surface area contributed by atoms with Gasteiger partial charge in [-0.05, 0) is 103 Å². The minimum absolute atomic E-state index is 0.123. The molecule has 0 saturated carbocycles. The Morgan fingerprint density at radius 2 is 1.97 bits per heavy atom. The molecule has 8 nitrogen and oxygen atoms in total. The van der Waals surface area contributed by atoms with Crippen LogP contribution in [0.1, 0.15) is 43.7 Å². The second-order valence-corrected chi connectivity index (χ2v) is 9.22. The lowest BCUT2D eigenvalue weighted by Gasteiger charge is -2.33. The molecule has 9 heteroatoms. The Hall–Kier alpha value is -3.33. The van der Waals surface area contributed by atoms with Crippen molar-refractivity contribution in [2.75, 3.05) is 25.0 Å². The van der Waals surface area contributed by atoms with Crippen molar-refractivity contribution >= 4 is 11.7 Å². The molecule has 1 aliphatic rings. The van der Waals surface area contributed by atoms with Crippen molar-refractivity contribution in [2.45, 2.75) is 51.5 Å². The SMILES string of the molecule is CCc1cc(NC(=O)N[C@@H]2CCCN(CCCCc3ccc(F)cc3)C2)cc(-c2nnnn2C)c1. The molecule has 0 radical (unpaired) electrons. The fourth-order valence-electron chi connectivity index (χ4n) is 4.62. The number of hydrogen-bond donors (Lipinski definition) is 2. The average Bonchev–Trinajstić information content (AvgIpc) is 3.28. The summed E-state index contributed by atoms with van der Waals surface area (Å²) in [6.45, 7) is 5.00. The standard InChI is InChI=1S/C26H34FN7O/c1-3-19-15-21(25-30-31-32-33(25)2)17-24(16-19)29-26(35)28-23-8-6-14-34(18-23)13-5-4-7-20-9-11-22(27)12-10-20/h9-12,15-17,23H,3-8,13-14,18H2,1-2H3,(H2,28,29,35)/t23-/m1/s1. The van der Waals surface area contributed by atoms with Gasteiger partial charge in [0.25, 0.3) is 0 Å². The van der Waals surface area contributed by atoms with Crippen LogP contribution in [0, 0.1) is 5.82 Å². The van der Waals surface area contributed by atoms with Gasteiger partial charge in [0.15, 0.2) is 5.82 Å². The number of halogens is 1. The number of anilines is 1. The summed E-state index contributed by atoms with van der Waals surface area (Å²) in [6.07, 6.45) is 6.00. The molecule has 0 spiro atoms. The number of aromatic nitrogens is 4. The van der Waals surface area contributed by atoms with Crippen LogP contribution < -0.4 is 10.6 Å². The maximum Gasteiger partial charge on any atom is 0.319 e. The Bertz CT molecular complexity index is 1120. The van der Waals surface area contributed by atoms with Crippen molar-refractivity contribution < 1.29 is 9.18 Å². The summed E-state index contributed by atoms with van der Waals surface area (Å²) in [4.78, 5) is 15.2. The van der Waals surface area contributed by atoms with E-state index in [0.29, 0.717) is 5.82 Å². The number of aryl methyl sites for hydroxylation is 3. The first-order valence-corrected chi connectivity index (χ1v) is 12.4. The zero-order chi connectivity index (χ0) is 24.6. The molecule has 3 aromatic rings. The first kappa shape index (κ1) is 24.8. The highest BCUT2D eigenvalue weighted by Crippen LogP contribution is 2.23. The number of unbranched alkanes of at least 4 members (excludes halogenated alkanes) is 1. The van der Waals surface area contributed by atoms with E-state index in [1.165, 1.54) is 17.7 Å². The van der Waals surface area contributed by atoms with E-state index in [1.54, 1.807) is 11.7 Å². The molecule has 2 amide bonds. The van der Waals surface area contributed by atoms with Gasteiger partial charge in [-0.2, -0.15) is 0 Å². The maximum atomic E-state index is 13.0. The van der Waals surface area contributed by atoms with Gasteiger partial charge in [-0.3, -0.25) is 0 Å². The van der Waals surface area contributed by atoms with E-state index >= 15 is 0 Å². The number of carbonyl (C=O) groups is 1. The molecule has 2 N–H and O–H groups in total. The van der Waals surface area contributed by atoms with Crippen LogP contribution in [-0.4, -0.2) is 56.8 Å². The van der Waals surface area contributed by atoms with E-state index in [-0.39, 0.29) is 17.9 Å². The highest BCUT2D eigenvalue weighted by Gasteiger charge is 2.21. The maximum absolute atomic E-state index is 13.0. The van der Waals surface area contributed by atoms with E-state index in [4.69, 9.17) is 0 Å². The summed E-state index contributed by atoms with van der Waals surface area (Å²) in [5.41, 5.74) is 3.88. The minimum Gasteiger partial charge on any atom is -0.334 e. The van der Waals surface area contributed by atoms with Crippen molar-refractivity contribution in [1.29, 1.82) is 0 Å². The number of nitrogens with zero attached hydrogens (tertiary/aromatic N) is 5. The number of urea groups is 1. The van der Waals surface area contributed by atoms with Crippen LogP contribution in [0.2, 0.25) is 0 Å². The van der Waals surface area contributed by atoms with Crippen LogP contribution in [0.25, 0.3) is 11.4 Å². The topological polar surface area (TPSA) is 88.0 Å². The molecule has 2 heterocycles. The highest BCUT2D eigenvalue weighted by atomic mass is 19.1. The fourth-order valence-corrected chi connectivity index (χ4v) is 4.62. The van der Waals surface area contributed by atoms with E-state index in [1.807, 2.05) is 30.3 Å². The predicted octanol–water partition coefficient (Wildman–Crippen LogP) is 4.19. The van der Waals surface area contributed by atoms with E-state index in [9.17, 15) is 9.18 Å². The van der Waals surface area contributed by atoms with Crippen molar-refractivity contribution in [1.82, 2.24) is 30.4 Å². The second kappa shape index (κ2) is 11.9. The van der Waals surface area contributed by atoms with Gasteiger partial charge in [0.1, 0.15) is 5.82 Å². The van der Waals surface area contributed by atoms with Crippen LogP contribution in [0.4, 0.5) is 14.9 Å². The summed E-state index contributed by atoms with van der Waals surface area (Å²) in [6, 6.07) is 12.6. The Morgan fingerprint density at radius 3 is 2.71 bits per heavy atom. The van der Waals surface area contributed by atoms with Crippen LogP contribution >= 0.6 is 0 Å². The summed E-state index contributed by atoms with van der Waals surface area (Å²) in [5, 5.41) is 17.9. The van der Waals surface area contributed by atoms with E-state index < -0.39 is 0 Å². The average molecular weight is 480 g/mol. The van der Waals surface area contributed by atoms with E-state index in [0.717, 1.165) is 75.0 Å². The third-order valence-electron chi connectivity index (χ3n) is 6.48. The molecular weight excluding hydrogens is 445 g/mol. The van der Waals surface area contributed by atoms with Gasteiger partial charge in [-0.15, -0.1) is 5.10 Å². The lowest BCUT2D eigenvalue weighted by molar-refractivity contribution is 0.187. The Balaban J connectivity index is 1.25. The summed E-state index contributed by atoms with van der Waals surface area (Å²) in [7, 11) is 1.80. The summed E-state index contributed by atoms with van der Waals surface area (Å²) >= 11 is 0. The van der Waals surface area contributed by atoms with Gasteiger partial charge in [-0.1, -0.05) is 19.1 Å². The van der Waals surface area contributed by atoms with Gasteiger partial charge in [-0.25, -0.2) is 13.9 Å². The molecule has 0 aliphatic carbocycles. The van der Waals surface area contributed by atoms with Gasteiger partial charge in [0.05, 0.1) is 0 Å². The van der Waals surface area contributed by atoms with Gasteiger partial charge in [0.2, 0.25) is 0 Å². The highest BCUT2D eigenvalue weighted by molar-refractivity contribution is 5.90. The number of carbonyl (C=O) groups excluding carboxylic acids is 1. The molecule has 1 aromatic heterocycles. The van der Waals surface area contributed by atoms with Crippen LogP contribution in [0.15, 0.2) is 42.5 Å². The van der Waals surface area contributed by atoms with E-state index in [2.05, 4.69) is 38.0 Å². The first-order valence-electron chi connectivity index (χ1n) is 12.4. The number of likely N-dealkylation sites (tertiary alicyclic amines) is 1. The normalized spacial score (nSPS) is 16.3. The Kier molecular flexibility index (Phi) is 8.41. The molecule has 0 bridgehead atoms. The molecule has 1 atom stereocenters. The summed E-state index contributed by atoms with van der Waals surface area (Å²) < 4.78 is 14.7. The van der Waals surface area contributed by atoms with Crippen molar-refractivity contribution in [3.63, 3.8) is 0 Å². The Labute approximate surface area is 205 Å². The lowest BCUT2D eigenvalue weighted by Crippen LogP contribution is -2.49. The summed E-state index contributed by atoms with van der Waals surface area (Å²) in [5.74, 6) is 0.469. The lowest BCUT2D eigenvalue weighted by atomic mass is 10.0. The number of nitrogens with one attached hydrogen (secondary N) is 2. The Morgan fingerprint density at radius 1 is 1.14 bits per heavy atom. The zero-order valence-electron chi connectivity index (χ0n) is 20.5. The van der Waals surface area contributed by atoms with Crippen molar-refractivity contribution in [3.05, 3.63) is 59.4 Å². The van der Waals surface area contributed by atoms with Crippen LogP contribution in [0.3, 0.4) is 0 Å².